The molecule has 3 aromatic rings. The summed E-state index contributed by atoms with van der Waals surface area (Å²) in [6, 6.07) is 20.3. The Kier molecular flexibility index (Phi) is 11.6. The summed E-state index contributed by atoms with van der Waals surface area (Å²) < 4.78 is 32.9. The van der Waals surface area contributed by atoms with E-state index in [0.29, 0.717) is 12.2 Å². The van der Waals surface area contributed by atoms with E-state index < -0.39 is 28.5 Å². The molecule has 0 aliphatic carbocycles. The van der Waals surface area contributed by atoms with Gasteiger partial charge in [-0.1, -0.05) is 76.9 Å². The standard InChI is InChI=1S/C30H35BrClN3O5S/c1-5-21(2)33-30(37)27(17-22-10-7-6-8-11-22)34(19-23-12-9-13-24(31)16-23)29(36)20-35(41(4,38)39)25-14-15-28(40-3)26(32)18-25/h6-16,18,21,27H,5,17,19-20H2,1-4H3,(H,33,37)/t21-,27-/m1/s1. The first-order chi connectivity index (χ1) is 19.4. The molecule has 0 aliphatic rings. The number of nitrogens with zero attached hydrogens (tertiary/aromatic N) is 2. The Hall–Kier alpha value is -3.08. The molecule has 220 valence electrons. The Balaban J connectivity index is 2.07. The molecule has 1 N–H and O–H groups in total. The summed E-state index contributed by atoms with van der Waals surface area (Å²) in [7, 11) is -2.46. The third kappa shape index (κ3) is 9.21. The largest absolute Gasteiger partial charge is 0.495 e. The minimum atomic E-state index is -3.91. The van der Waals surface area contributed by atoms with Crippen LogP contribution in [-0.2, 0) is 32.6 Å². The summed E-state index contributed by atoms with van der Waals surface area (Å²) in [5.74, 6) is -0.483. The SMILES string of the molecule is CC[C@@H](C)NC(=O)[C@@H](Cc1ccccc1)N(Cc1cccc(Br)c1)C(=O)CN(c1ccc(OC)c(Cl)c1)S(C)(=O)=O. The van der Waals surface area contributed by atoms with Crippen molar-refractivity contribution < 1.29 is 22.7 Å². The lowest BCUT2D eigenvalue weighted by molar-refractivity contribution is -0.140. The van der Waals surface area contributed by atoms with Gasteiger partial charge in [0, 0.05) is 23.5 Å². The van der Waals surface area contributed by atoms with E-state index in [4.69, 9.17) is 16.3 Å². The second-order valence-electron chi connectivity index (χ2n) is 9.76. The third-order valence-corrected chi connectivity index (χ3v) is 8.55. The van der Waals surface area contributed by atoms with Gasteiger partial charge < -0.3 is 15.0 Å². The summed E-state index contributed by atoms with van der Waals surface area (Å²) in [4.78, 5) is 29.3. The molecule has 3 aromatic carbocycles. The van der Waals surface area contributed by atoms with Gasteiger partial charge in [0.05, 0.1) is 24.1 Å². The average Bonchev–Trinajstić information content (AvgIpc) is 2.93. The van der Waals surface area contributed by atoms with Crippen molar-refractivity contribution in [1.82, 2.24) is 10.2 Å². The Labute approximate surface area is 255 Å². The highest BCUT2D eigenvalue weighted by molar-refractivity contribution is 9.10. The summed E-state index contributed by atoms with van der Waals surface area (Å²) >= 11 is 9.76. The van der Waals surface area contributed by atoms with E-state index in [1.54, 1.807) is 0 Å². The number of rotatable bonds is 13. The maximum absolute atomic E-state index is 14.1. The molecule has 41 heavy (non-hydrogen) atoms. The zero-order valence-electron chi connectivity index (χ0n) is 23.5. The summed E-state index contributed by atoms with van der Waals surface area (Å²) in [6.07, 6.45) is 1.98. The van der Waals surface area contributed by atoms with Gasteiger partial charge in [0.25, 0.3) is 0 Å². The van der Waals surface area contributed by atoms with Crippen LogP contribution in [0.2, 0.25) is 5.02 Å². The fourth-order valence-electron chi connectivity index (χ4n) is 4.25. The molecular formula is C30H35BrClN3O5S. The van der Waals surface area contributed by atoms with Gasteiger partial charge in [-0.3, -0.25) is 13.9 Å². The number of ether oxygens (including phenoxy) is 1. The molecule has 2 amide bonds. The van der Waals surface area contributed by atoms with Crippen molar-refractivity contribution in [1.29, 1.82) is 0 Å². The van der Waals surface area contributed by atoms with Crippen molar-refractivity contribution in [2.45, 2.75) is 45.3 Å². The zero-order chi connectivity index (χ0) is 30.2. The van der Waals surface area contributed by atoms with Crippen LogP contribution in [0.25, 0.3) is 0 Å². The van der Waals surface area contributed by atoms with Gasteiger partial charge in [0.15, 0.2) is 0 Å². The van der Waals surface area contributed by atoms with Crippen LogP contribution in [-0.4, -0.2) is 57.1 Å². The van der Waals surface area contributed by atoms with E-state index in [0.717, 1.165) is 26.2 Å². The molecule has 0 aliphatic heterocycles. The number of halogens is 2. The molecule has 0 spiro atoms. The van der Waals surface area contributed by atoms with Crippen molar-refractivity contribution in [3.8, 4) is 5.75 Å². The highest BCUT2D eigenvalue weighted by Crippen LogP contribution is 2.30. The number of hydrogen-bond donors (Lipinski definition) is 1. The smallest absolute Gasteiger partial charge is 0.244 e. The lowest BCUT2D eigenvalue weighted by atomic mass is 10.0. The Morgan fingerprint density at radius 3 is 2.29 bits per heavy atom. The van der Waals surface area contributed by atoms with Gasteiger partial charge in [-0.05, 0) is 54.8 Å². The highest BCUT2D eigenvalue weighted by atomic mass is 79.9. The van der Waals surface area contributed by atoms with Crippen molar-refractivity contribution >= 4 is 55.1 Å². The molecule has 0 heterocycles. The van der Waals surface area contributed by atoms with Gasteiger partial charge in [-0.2, -0.15) is 0 Å². The molecule has 0 saturated heterocycles. The quantitative estimate of drug-likeness (QED) is 0.263. The number of methoxy groups -OCH3 is 1. The number of anilines is 1. The minimum absolute atomic E-state index is 0.0880. The zero-order valence-corrected chi connectivity index (χ0v) is 26.7. The predicted octanol–water partition coefficient (Wildman–Crippen LogP) is 5.43. The number of carbonyl (C=O) groups excluding carboxylic acids is 2. The molecule has 11 heteroatoms. The highest BCUT2D eigenvalue weighted by Gasteiger charge is 2.33. The maximum Gasteiger partial charge on any atom is 0.244 e. The fraction of sp³-hybridized carbons (Fsp3) is 0.333. The fourth-order valence-corrected chi connectivity index (χ4v) is 5.79. The van der Waals surface area contributed by atoms with Crippen molar-refractivity contribution in [3.63, 3.8) is 0 Å². The first kappa shape index (κ1) is 32.4. The van der Waals surface area contributed by atoms with Crippen LogP contribution in [0, 0.1) is 0 Å². The van der Waals surface area contributed by atoms with E-state index in [1.165, 1.54) is 30.2 Å². The molecule has 0 unspecified atom stereocenters. The van der Waals surface area contributed by atoms with Gasteiger partial charge in [-0.25, -0.2) is 8.42 Å². The molecule has 2 atom stereocenters. The van der Waals surface area contributed by atoms with Crippen LogP contribution in [0.15, 0.2) is 77.3 Å². The van der Waals surface area contributed by atoms with Crippen molar-refractivity contribution in [2.24, 2.45) is 0 Å². The van der Waals surface area contributed by atoms with Crippen LogP contribution in [0.5, 0.6) is 5.75 Å². The molecule has 8 nitrogen and oxygen atoms in total. The number of sulfonamides is 1. The molecule has 0 bridgehead atoms. The summed E-state index contributed by atoms with van der Waals surface area (Å²) in [6.45, 7) is 3.42. The first-order valence-electron chi connectivity index (χ1n) is 13.1. The molecule has 0 saturated carbocycles. The number of nitrogens with one attached hydrogen (secondary N) is 1. The van der Waals surface area contributed by atoms with Gasteiger partial charge in [-0.15, -0.1) is 0 Å². The molecule has 0 aromatic heterocycles. The lowest BCUT2D eigenvalue weighted by Gasteiger charge is -2.34. The average molecular weight is 665 g/mol. The Morgan fingerprint density at radius 2 is 1.71 bits per heavy atom. The van der Waals surface area contributed by atoms with Crippen molar-refractivity contribution in [3.05, 3.63) is 93.4 Å². The van der Waals surface area contributed by atoms with Crippen LogP contribution < -0.4 is 14.4 Å². The third-order valence-electron chi connectivity index (χ3n) is 6.62. The van der Waals surface area contributed by atoms with Crippen LogP contribution in [0.1, 0.15) is 31.4 Å². The first-order valence-corrected chi connectivity index (χ1v) is 16.1. The topological polar surface area (TPSA) is 96.0 Å². The van der Waals surface area contributed by atoms with Gasteiger partial charge >= 0.3 is 0 Å². The molecule has 0 fully saturated rings. The summed E-state index contributed by atoms with van der Waals surface area (Å²) in [5.41, 5.74) is 1.85. The van der Waals surface area contributed by atoms with Crippen molar-refractivity contribution in [2.75, 3.05) is 24.2 Å². The monoisotopic (exact) mass is 663 g/mol. The Morgan fingerprint density at radius 1 is 1.02 bits per heavy atom. The van der Waals surface area contributed by atoms with Crippen LogP contribution in [0.3, 0.4) is 0 Å². The van der Waals surface area contributed by atoms with E-state index in [-0.39, 0.29) is 35.6 Å². The molecular weight excluding hydrogens is 630 g/mol. The molecule has 0 radical (unpaired) electrons. The predicted molar refractivity (Wildman–Crippen MR) is 167 cm³/mol. The lowest BCUT2D eigenvalue weighted by Crippen LogP contribution is -2.54. The maximum atomic E-state index is 14.1. The number of hydrogen-bond acceptors (Lipinski definition) is 5. The van der Waals surface area contributed by atoms with E-state index in [9.17, 15) is 18.0 Å². The summed E-state index contributed by atoms with van der Waals surface area (Å²) in [5, 5.41) is 3.21. The second-order valence-corrected chi connectivity index (χ2v) is 13.0. The van der Waals surface area contributed by atoms with E-state index >= 15 is 0 Å². The van der Waals surface area contributed by atoms with E-state index in [2.05, 4.69) is 21.2 Å². The minimum Gasteiger partial charge on any atom is -0.495 e. The number of amides is 2. The van der Waals surface area contributed by atoms with E-state index in [1.807, 2.05) is 68.4 Å². The second kappa shape index (κ2) is 14.7. The van der Waals surface area contributed by atoms with Gasteiger partial charge in [0.2, 0.25) is 21.8 Å². The Bertz CT molecular complexity index is 1460. The van der Waals surface area contributed by atoms with Crippen LogP contribution in [0.4, 0.5) is 5.69 Å². The molecule has 3 rings (SSSR count). The van der Waals surface area contributed by atoms with Gasteiger partial charge in [0.1, 0.15) is 18.3 Å². The number of carbonyl (C=O) groups is 2. The van der Waals surface area contributed by atoms with Crippen LogP contribution >= 0.6 is 27.5 Å². The normalized spacial score (nSPS) is 12.7. The number of benzene rings is 3.